The molecule has 9 heteroatoms. The molecule has 0 unspecified atom stereocenters. The van der Waals surface area contributed by atoms with E-state index in [1.54, 1.807) is 25.1 Å². The Kier molecular flexibility index (Phi) is 5.85. The molecule has 3 aromatic heterocycles. The zero-order valence-corrected chi connectivity index (χ0v) is 19.3. The van der Waals surface area contributed by atoms with Gasteiger partial charge in [0.2, 0.25) is 0 Å². The monoisotopic (exact) mass is 459 g/mol. The largest absolute Gasteiger partial charge is 0.493 e. The van der Waals surface area contributed by atoms with Crippen LogP contribution >= 0.6 is 0 Å². The first-order valence-electron chi connectivity index (χ1n) is 11.1. The highest BCUT2D eigenvalue weighted by Crippen LogP contribution is 2.33. The average molecular weight is 460 g/mol. The number of nitrogens with zero attached hydrogens (tertiary/aromatic N) is 5. The Morgan fingerprint density at radius 1 is 0.941 bits per heavy atom. The van der Waals surface area contributed by atoms with Crippen molar-refractivity contribution >= 4 is 33.2 Å². The SMILES string of the molecule is CCOCCCn1cnc2c(c1=O)c1nc3ccccc3nc1n2-c1ccc(OC)c(OC)c1. The van der Waals surface area contributed by atoms with Crippen molar-refractivity contribution in [2.24, 2.45) is 0 Å². The van der Waals surface area contributed by atoms with Crippen LogP contribution in [0.2, 0.25) is 0 Å². The Morgan fingerprint density at radius 3 is 2.44 bits per heavy atom. The standard InChI is InChI=1S/C25H25N5O4/c1-4-34-13-7-12-29-15-26-23-21(25(29)31)22-24(28-18-9-6-5-8-17(18)27-22)30(23)16-10-11-19(32-2)20(14-16)33-3/h5-6,8-11,14-15H,4,7,12-13H2,1-3H3. The van der Waals surface area contributed by atoms with Crippen LogP contribution in [0.25, 0.3) is 38.9 Å². The van der Waals surface area contributed by atoms with E-state index in [2.05, 4.69) is 4.98 Å². The summed E-state index contributed by atoms with van der Waals surface area (Å²) in [6, 6.07) is 13.1. The maximum atomic E-state index is 13.6. The van der Waals surface area contributed by atoms with E-state index in [0.29, 0.717) is 65.4 Å². The number of hydrogen-bond acceptors (Lipinski definition) is 7. The topological polar surface area (TPSA) is 93.3 Å². The van der Waals surface area contributed by atoms with E-state index in [4.69, 9.17) is 24.2 Å². The molecule has 9 nitrogen and oxygen atoms in total. The van der Waals surface area contributed by atoms with Crippen LogP contribution in [0.4, 0.5) is 0 Å². The van der Waals surface area contributed by atoms with Gasteiger partial charge in [-0.25, -0.2) is 15.0 Å². The van der Waals surface area contributed by atoms with Crippen molar-refractivity contribution in [3.8, 4) is 17.2 Å². The fourth-order valence-corrected chi connectivity index (χ4v) is 4.12. The molecule has 0 aliphatic carbocycles. The van der Waals surface area contributed by atoms with Crippen LogP contribution in [-0.2, 0) is 11.3 Å². The van der Waals surface area contributed by atoms with E-state index in [0.717, 1.165) is 11.2 Å². The third-order valence-corrected chi connectivity index (χ3v) is 5.75. The van der Waals surface area contributed by atoms with Crippen LogP contribution in [0.1, 0.15) is 13.3 Å². The van der Waals surface area contributed by atoms with Crippen molar-refractivity contribution in [2.75, 3.05) is 27.4 Å². The van der Waals surface area contributed by atoms with Gasteiger partial charge in [-0.15, -0.1) is 0 Å². The number of aromatic nitrogens is 5. The summed E-state index contributed by atoms with van der Waals surface area (Å²) in [6.07, 6.45) is 2.29. The van der Waals surface area contributed by atoms with E-state index in [9.17, 15) is 4.79 Å². The molecule has 34 heavy (non-hydrogen) atoms. The normalized spacial score (nSPS) is 11.5. The summed E-state index contributed by atoms with van der Waals surface area (Å²) in [5.41, 5.74) is 3.59. The quantitative estimate of drug-likeness (QED) is 0.327. The van der Waals surface area contributed by atoms with E-state index >= 15 is 0 Å². The minimum absolute atomic E-state index is 0.157. The summed E-state index contributed by atoms with van der Waals surface area (Å²) in [5, 5.41) is 0.432. The molecule has 3 heterocycles. The van der Waals surface area contributed by atoms with E-state index < -0.39 is 0 Å². The van der Waals surface area contributed by atoms with Crippen molar-refractivity contribution in [3.63, 3.8) is 0 Å². The summed E-state index contributed by atoms with van der Waals surface area (Å²) >= 11 is 0. The van der Waals surface area contributed by atoms with E-state index in [-0.39, 0.29) is 5.56 Å². The van der Waals surface area contributed by atoms with Crippen LogP contribution in [-0.4, -0.2) is 51.5 Å². The number of hydrogen-bond donors (Lipinski definition) is 0. The van der Waals surface area contributed by atoms with Gasteiger partial charge in [0.05, 0.1) is 37.3 Å². The van der Waals surface area contributed by atoms with Crippen LogP contribution in [0.3, 0.4) is 0 Å². The molecule has 0 fully saturated rings. The second-order valence-corrected chi connectivity index (χ2v) is 7.75. The molecule has 0 atom stereocenters. The Morgan fingerprint density at radius 2 is 1.71 bits per heavy atom. The average Bonchev–Trinajstić information content (AvgIpc) is 3.19. The first kappa shape index (κ1) is 21.8. The molecule has 5 rings (SSSR count). The third kappa shape index (κ3) is 3.63. The van der Waals surface area contributed by atoms with Gasteiger partial charge in [-0.1, -0.05) is 12.1 Å². The molecule has 0 amide bonds. The Hall–Kier alpha value is -3.98. The summed E-state index contributed by atoms with van der Waals surface area (Å²) in [4.78, 5) is 27.9. The van der Waals surface area contributed by atoms with Gasteiger partial charge in [0, 0.05) is 25.8 Å². The van der Waals surface area contributed by atoms with Crippen LogP contribution in [0.5, 0.6) is 11.5 Å². The lowest BCUT2D eigenvalue weighted by Gasteiger charge is -2.12. The number of para-hydroxylation sites is 2. The fourth-order valence-electron chi connectivity index (χ4n) is 4.12. The van der Waals surface area contributed by atoms with Crippen molar-refractivity contribution in [1.82, 2.24) is 24.1 Å². The fraction of sp³-hybridized carbons (Fsp3) is 0.280. The molecule has 0 N–H and O–H groups in total. The molecule has 0 saturated carbocycles. The molecule has 0 saturated heterocycles. The first-order valence-corrected chi connectivity index (χ1v) is 11.1. The summed E-state index contributed by atoms with van der Waals surface area (Å²) < 4.78 is 19.8. The first-order chi connectivity index (χ1) is 16.7. The predicted octanol–water partition coefficient (Wildman–Crippen LogP) is 3.73. The lowest BCUT2D eigenvalue weighted by atomic mass is 10.2. The molecular formula is C25H25N5O4. The zero-order chi connectivity index (χ0) is 23.7. The van der Waals surface area contributed by atoms with Gasteiger partial charge in [-0.3, -0.25) is 13.9 Å². The van der Waals surface area contributed by atoms with Gasteiger partial charge < -0.3 is 14.2 Å². The molecule has 174 valence electrons. The van der Waals surface area contributed by atoms with Crippen LogP contribution < -0.4 is 15.0 Å². The van der Waals surface area contributed by atoms with Gasteiger partial charge in [-0.05, 0) is 37.6 Å². The van der Waals surface area contributed by atoms with Gasteiger partial charge >= 0.3 is 0 Å². The zero-order valence-electron chi connectivity index (χ0n) is 19.3. The number of ether oxygens (including phenoxy) is 3. The van der Waals surface area contributed by atoms with Crippen LogP contribution in [0.15, 0.2) is 53.6 Å². The highest BCUT2D eigenvalue weighted by atomic mass is 16.5. The molecule has 5 aromatic rings. The molecule has 0 spiro atoms. The van der Waals surface area contributed by atoms with Gasteiger partial charge in [0.1, 0.15) is 10.9 Å². The summed E-state index contributed by atoms with van der Waals surface area (Å²) in [5.74, 6) is 1.17. The van der Waals surface area contributed by atoms with E-state index in [1.165, 1.54) is 0 Å². The minimum Gasteiger partial charge on any atom is -0.493 e. The molecular weight excluding hydrogens is 434 g/mol. The number of aryl methyl sites for hydroxylation is 1. The minimum atomic E-state index is -0.157. The smallest absolute Gasteiger partial charge is 0.265 e. The summed E-state index contributed by atoms with van der Waals surface area (Å²) in [6.45, 7) is 3.68. The number of fused-ring (bicyclic) bond motifs is 4. The van der Waals surface area contributed by atoms with Crippen molar-refractivity contribution in [3.05, 3.63) is 59.1 Å². The number of benzene rings is 2. The number of methoxy groups -OCH3 is 2. The lowest BCUT2D eigenvalue weighted by molar-refractivity contribution is 0.141. The highest BCUT2D eigenvalue weighted by molar-refractivity contribution is 6.05. The maximum Gasteiger partial charge on any atom is 0.265 e. The van der Waals surface area contributed by atoms with Crippen molar-refractivity contribution in [1.29, 1.82) is 0 Å². The third-order valence-electron chi connectivity index (χ3n) is 5.75. The van der Waals surface area contributed by atoms with Gasteiger partial charge in [0.25, 0.3) is 5.56 Å². The molecule has 0 radical (unpaired) electrons. The summed E-state index contributed by atoms with van der Waals surface area (Å²) in [7, 11) is 3.17. The second-order valence-electron chi connectivity index (χ2n) is 7.75. The Labute approximate surface area is 195 Å². The van der Waals surface area contributed by atoms with Crippen molar-refractivity contribution < 1.29 is 14.2 Å². The lowest BCUT2D eigenvalue weighted by Crippen LogP contribution is -2.21. The second kappa shape index (κ2) is 9.11. The van der Waals surface area contributed by atoms with E-state index in [1.807, 2.05) is 54.0 Å². The number of rotatable bonds is 8. The molecule has 2 aromatic carbocycles. The predicted molar refractivity (Wildman–Crippen MR) is 130 cm³/mol. The highest BCUT2D eigenvalue weighted by Gasteiger charge is 2.21. The maximum absolute atomic E-state index is 13.6. The van der Waals surface area contributed by atoms with Gasteiger partial charge in [-0.2, -0.15) is 0 Å². The van der Waals surface area contributed by atoms with Crippen LogP contribution in [0, 0.1) is 0 Å². The molecule has 0 aliphatic heterocycles. The van der Waals surface area contributed by atoms with Crippen molar-refractivity contribution in [2.45, 2.75) is 19.9 Å². The van der Waals surface area contributed by atoms with Gasteiger partial charge in [0.15, 0.2) is 22.8 Å². The molecule has 0 aliphatic rings. The molecule has 0 bridgehead atoms. The Balaban J connectivity index is 1.79. The Bertz CT molecular complexity index is 1560.